The molecule has 1 N–H and O–H groups in total. The predicted molar refractivity (Wildman–Crippen MR) is 69.2 cm³/mol. The zero-order valence-electron chi connectivity index (χ0n) is 11.3. The molecule has 1 heterocycles. The van der Waals surface area contributed by atoms with E-state index < -0.39 is 12.0 Å². The fourth-order valence-corrected chi connectivity index (χ4v) is 2.55. The summed E-state index contributed by atoms with van der Waals surface area (Å²) in [5.41, 5.74) is -0.0549. The largest absolute Gasteiger partial charge is 0.481 e. The summed E-state index contributed by atoms with van der Waals surface area (Å²) in [6.07, 6.45) is 1.52. The van der Waals surface area contributed by atoms with E-state index in [2.05, 4.69) is 20.4 Å². The maximum atomic E-state index is 12.3. The van der Waals surface area contributed by atoms with Crippen LogP contribution in [0.1, 0.15) is 20.3 Å². The van der Waals surface area contributed by atoms with Gasteiger partial charge in [0.05, 0.1) is 12.5 Å². The van der Waals surface area contributed by atoms with Crippen molar-refractivity contribution >= 4 is 11.9 Å². The van der Waals surface area contributed by atoms with E-state index in [0.717, 1.165) is 0 Å². The molecule has 0 radical (unpaired) electrons. The van der Waals surface area contributed by atoms with Gasteiger partial charge in [0, 0.05) is 19.6 Å². The van der Waals surface area contributed by atoms with E-state index in [-0.39, 0.29) is 17.7 Å². The molecular weight excluding hydrogens is 232 g/mol. The quantitative estimate of drug-likeness (QED) is 0.754. The number of aliphatic carboxylic acids is 1. The van der Waals surface area contributed by atoms with Crippen LogP contribution < -0.4 is 0 Å². The molecule has 0 aromatic carbocycles. The molecule has 0 aromatic rings. The van der Waals surface area contributed by atoms with Gasteiger partial charge in [0.1, 0.15) is 0 Å². The van der Waals surface area contributed by atoms with Crippen molar-refractivity contribution in [3.63, 3.8) is 0 Å². The molecule has 18 heavy (non-hydrogen) atoms. The van der Waals surface area contributed by atoms with Crippen LogP contribution >= 0.6 is 0 Å². The number of carbonyl (C=O) groups excluding carboxylic acids is 1. The highest BCUT2D eigenvalue weighted by molar-refractivity contribution is 5.86. The second-order valence-corrected chi connectivity index (χ2v) is 5.70. The molecule has 1 saturated heterocycles. The summed E-state index contributed by atoms with van der Waals surface area (Å²) in [4.78, 5) is 26.8. The fraction of sp³-hybridized carbons (Fsp3) is 0.692. The van der Waals surface area contributed by atoms with E-state index in [1.54, 1.807) is 11.0 Å². The first-order valence-electron chi connectivity index (χ1n) is 6.08. The Labute approximate surface area is 108 Å². The second-order valence-electron chi connectivity index (χ2n) is 5.70. The maximum absolute atomic E-state index is 12.3. The van der Waals surface area contributed by atoms with Gasteiger partial charge < -0.3 is 10.0 Å². The molecule has 1 fully saturated rings. The van der Waals surface area contributed by atoms with Crippen LogP contribution in [0.15, 0.2) is 12.7 Å². The van der Waals surface area contributed by atoms with E-state index in [9.17, 15) is 9.59 Å². The lowest BCUT2D eigenvalue weighted by molar-refractivity contribution is -0.144. The van der Waals surface area contributed by atoms with Crippen LogP contribution in [0.2, 0.25) is 0 Å². The number of carboxylic acids is 1. The molecule has 0 saturated carbocycles. The Balaban J connectivity index is 2.98. The number of carboxylic acid groups (broad SMARTS) is 1. The Kier molecular flexibility index (Phi) is 4.51. The van der Waals surface area contributed by atoms with Crippen molar-refractivity contribution in [2.45, 2.75) is 26.3 Å². The average molecular weight is 254 g/mol. The molecule has 1 amide bonds. The lowest BCUT2D eigenvalue weighted by atomic mass is 9.92. The van der Waals surface area contributed by atoms with Gasteiger partial charge in [0.15, 0.2) is 0 Å². The monoisotopic (exact) mass is 254 g/mol. The molecule has 1 aliphatic rings. The highest BCUT2D eigenvalue weighted by atomic mass is 16.4. The predicted octanol–water partition coefficient (Wildman–Crippen LogP) is 0.816. The third-order valence-electron chi connectivity index (χ3n) is 3.14. The van der Waals surface area contributed by atoms with Gasteiger partial charge in [-0.15, -0.1) is 6.58 Å². The molecule has 5 heteroatoms. The van der Waals surface area contributed by atoms with E-state index >= 15 is 0 Å². The van der Waals surface area contributed by atoms with Gasteiger partial charge in [-0.05, 0) is 12.5 Å². The molecule has 1 unspecified atom stereocenters. The first-order chi connectivity index (χ1) is 8.26. The maximum Gasteiger partial charge on any atom is 0.305 e. The van der Waals surface area contributed by atoms with Crippen LogP contribution in [-0.2, 0) is 9.59 Å². The van der Waals surface area contributed by atoms with Gasteiger partial charge >= 0.3 is 5.97 Å². The summed E-state index contributed by atoms with van der Waals surface area (Å²) >= 11 is 0. The second kappa shape index (κ2) is 5.52. The highest BCUT2D eigenvalue weighted by Crippen LogP contribution is 2.25. The van der Waals surface area contributed by atoms with Crippen LogP contribution in [0.3, 0.4) is 0 Å². The lowest BCUT2D eigenvalue weighted by Gasteiger charge is -2.29. The minimum atomic E-state index is -0.946. The van der Waals surface area contributed by atoms with Gasteiger partial charge in [-0.3, -0.25) is 14.5 Å². The highest BCUT2D eigenvalue weighted by Gasteiger charge is 2.38. The van der Waals surface area contributed by atoms with Gasteiger partial charge in [-0.1, -0.05) is 19.9 Å². The molecule has 0 spiro atoms. The molecule has 1 aliphatic heterocycles. The average Bonchev–Trinajstić information content (AvgIpc) is 2.28. The Morgan fingerprint density at radius 2 is 2.17 bits per heavy atom. The molecule has 5 nitrogen and oxygen atoms in total. The molecule has 0 aromatic heterocycles. The number of nitrogens with zero attached hydrogens (tertiary/aromatic N) is 2. The van der Waals surface area contributed by atoms with Gasteiger partial charge in [0.2, 0.25) is 5.91 Å². The molecule has 0 bridgehead atoms. The zero-order valence-corrected chi connectivity index (χ0v) is 11.3. The molecular formula is C13H22N2O3. The first-order valence-corrected chi connectivity index (χ1v) is 6.08. The number of carbonyl (C=O) groups is 2. The van der Waals surface area contributed by atoms with Crippen LogP contribution in [-0.4, -0.2) is 59.5 Å². The molecule has 1 atom stereocenters. The van der Waals surface area contributed by atoms with E-state index in [1.807, 2.05) is 11.9 Å². The summed E-state index contributed by atoms with van der Waals surface area (Å²) in [5, 5.41) is 8.92. The van der Waals surface area contributed by atoms with E-state index in [0.29, 0.717) is 19.6 Å². The topological polar surface area (TPSA) is 60.9 Å². The Bertz CT molecular complexity index is 352. The minimum Gasteiger partial charge on any atom is -0.481 e. The number of rotatable bonds is 4. The third kappa shape index (κ3) is 3.57. The SMILES string of the molecule is C=CCN1CC(C)(C)CN(C)C(CC(=O)O)C1=O. The van der Waals surface area contributed by atoms with Gasteiger partial charge in [0.25, 0.3) is 0 Å². The Morgan fingerprint density at radius 1 is 1.56 bits per heavy atom. The van der Waals surface area contributed by atoms with Crippen LogP contribution in [0.5, 0.6) is 0 Å². The third-order valence-corrected chi connectivity index (χ3v) is 3.14. The van der Waals surface area contributed by atoms with Crippen LogP contribution in [0.25, 0.3) is 0 Å². The fourth-order valence-electron chi connectivity index (χ4n) is 2.55. The van der Waals surface area contributed by atoms with E-state index in [1.165, 1.54) is 0 Å². The van der Waals surface area contributed by atoms with Crippen molar-refractivity contribution in [3.8, 4) is 0 Å². The summed E-state index contributed by atoms with van der Waals surface area (Å²) in [5.74, 6) is -1.07. The van der Waals surface area contributed by atoms with Crippen LogP contribution in [0, 0.1) is 5.41 Å². The number of likely N-dealkylation sites (N-methyl/N-ethyl adjacent to an activating group) is 1. The van der Waals surface area contributed by atoms with Gasteiger partial charge in [-0.25, -0.2) is 0 Å². The first kappa shape index (κ1) is 14.7. The van der Waals surface area contributed by atoms with Crippen molar-refractivity contribution in [2.24, 2.45) is 5.41 Å². The number of hydrogen-bond donors (Lipinski definition) is 1. The Morgan fingerprint density at radius 3 is 2.67 bits per heavy atom. The standard InChI is InChI=1S/C13H22N2O3/c1-5-6-15-9-13(2,3)8-14(4)10(12(15)18)7-11(16)17/h5,10H,1,6-9H2,2-4H3,(H,16,17). The van der Waals surface area contributed by atoms with E-state index in [4.69, 9.17) is 5.11 Å². The van der Waals surface area contributed by atoms with Crippen molar-refractivity contribution in [1.29, 1.82) is 0 Å². The molecule has 1 rings (SSSR count). The molecule has 102 valence electrons. The summed E-state index contributed by atoms with van der Waals surface area (Å²) in [6.45, 7) is 9.59. The van der Waals surface area contributed by atoms with Crippen molar-refractivity contribution in [1.82, 2.24) is 9.80 Å². The Hall–Kier alpha value is -1.36. The van der Waals surface area contributed by atoms with Crippen molar-refractivity contribution < 1.29 is 14.7 Å². The van der Waals surface area contributed by atoms with Crippen molar-refractivity contribution in [2.75, 3.05) is 26.7 Å². The minimum absolute atomic E-state index is 0.0549. The molecule has 0 aliphatic carbocycles. The number of amides is 1. The number of hydrogen-bond acceptors (Lipinski definition) is 3. The summed E-state index contributed by atoms with van der Waals surface area (Å²) < 4.78 is 0. The van der Waals surface area contributed by atoms with Crippen LogP contribution in [0.4, 0.5) is 0 Å². The normalized spacial score (nSPS) is 24.7. The van der Waals surface area contributed by atoms with Crippen molar-refractivity contribution in [3.05, 3.63) is 12.7 Å². The smallest absolute Gasteiger partial charge is 0.305 e. The lowest BCUT2D eigenvalue weighted by Crippen LogP contribution is -2.45. The zero-order chi connectivity index (χ0) is 13.9. The summed E-state index contributed by atoms with van der Waals surface area (Å²) in [6, 6.07) is -0.579. The van der Waals surface area contributed by atoms with Gasteiger partial charge in [-0.2, -0.15) is 0 Å². The summed E-state index contributed by atoms with van der Waals surface area (Å²) in [7, 11) is 1.81.